The Kier molecular flexibility index (Phi) is 4.37. The van der Waals surface area contributed by atoms with E-state index in [0.717, 1.165) is 18.2 Å². The van der Waals surface area contributed by atoms with Crippen LogP contribution in [0, 0.1) is 11.6 Å². The first-order valence-corrected chi connectivity index (χ1v) is 7.58. The van der Waals surface area contributed by atoms with Gasteiger partial charge in [-0.15, -0.1) is 0 Å². The first-order valence-electron chi connectivity index (χ1n) is 6.10. The van der Waals surface area contributed by atoms with Gasteiger partial charge < -0.3 is 5.32 Å². The Hall–Kier alpha value is -2.22. The maximum atomic E-state index is 13.1. The third kappa shape index (κ3) is 3.46. The molecule has 0 radical (unpaired) electrons. The molecule has 0 atom stereocenters. The highest BCUT2D eigenvalue weighted by atomic mass is 32.2. The molecule has 0 unspecified atom stereocenters. The normalized spacial score (nSPS) is 11.2. The van der Waals surface area contributed by atoms with Gasteiger partial charge in [0.1, 0.15) is 4.90 Å². The average molecular weight is 313 g/mol. The molecule has 2 aromatic rings. The number of aromatic nitrogens is 1. The van der Waals surface area contributed by atoms with E-state index in [1.807, 2.05) is 6.92 Å². The lowest BCUT2D eigenvalue weighted by atomic mass is 10.3. The van der Waals surface area contributed by atoms with Crippen molar-refractivity contribution in [3.05, 3.63) is 48.3 Å². The molecule has 1 aromatic carbocycles. The molecule has 8 heteroatoms. The molecule has 0 fully saturated rings. The Labute approximate surface area is 121 Å². The van der Waals surface area contributed by atoms with Gasteiger partial charge in [0.2, 0.25) is 0 Å². The fourth-order valence-corrected chi connectivity index (χ4v) is 2.88. The van der Waals surface area contributed by atoms with Crippen LogP contribution in [0.25, 0.3) is 0 Å². The average Bonchev–Trinajstić information content (AvgIpc) is 2.43. The van der Waals surface area contributed by atoms with Crippen molar-refractivity contribution in [2.24, 2.45) is 0 Å². The van der Waals surface area contributed by atoms with Crippen molar-refractivity contribution in [1.29, 1.82) is 0 Å². The summed E-state index contributed by atoms with van der Waals surface area (Å²) in [4.78, 5) is 3.70. The summed E-state index contributed by atoms with van der Waals surface area (Å²) in [6.07, 6.45) is 2.63. The van der Waals surface area contributed by atoms with Gasteiger partial charge in [-0.2, -0.15) is 0 Å². The number of sulfonamides is 1. The van der Waals surface area contributed by atoms with Crippen molar-refractivity contribution >= 4 is 21.4 Å². The van der Waals surface area contributed by atoms with Crippen LogP contribution in [-0.4, -0.2) is 19.9 Å². The van der Waals surface area contributed by atoms with Crippen LogP contribution >= 0.6 is 0 Å². The number of halogens is 2. The van der Waals surface area contributed by atoms with Gasteiger partial charge in [-0.1, -0.05) is 0 Å². The lowest BCUT2D eigenvalue weighted by Gasteiger charge is -2.12. The number of benzene rings is 1. The van der Waals surface area contributed by atoms with Crippen LogP contribution in [0.1, 0.15) is 6.92 Å². The van der Waals surface area contributed by atoms with Crippen molar-refractivity contribution in [1.82, 2.24) is 4.98 Å². The van der Waals surface area contributed by atoms with E-state index >= 15 is 0 Å². The summed E-state index contributed by atoms with van der Waals surface area (Å²) in [5, 5.41) is 2.90. The van der Waals surface area contributed by atoms with Gasteiger partial charge in [0.25, 0.3) is 10.0 Å². The van der Waals surface area contributed by atoms with E-state index in [1.54, 1.807) is 0 Å². The lowest BCUT2D eigenvalue weighted by molar-refractivity contribution is 0.509. The topological polar surface area (TPSA) is 71.1 Å². The number of rotatable bonds is 5. The summed E-state index contributed by atoms with van der Waals surface area (Å²) in [6.45, 7) is 2.34. The SMILES string of the molecule is CCNc1ccncc1S(=O)(=O)Nc1ccc(F)c(F)c1. The number of hydrogen-bond donors (Lipinski definition) is 2. The summed E-state index contributed by atoms with van der Waals surface area (Å²) in [6, 6.07) is 4.28. The molecule has 0 saturated carbocycles. The quantitative estimate of drug-likeness (QED) is 0.890. The van der Waals surface area contributed by atoms with E-state index in [1.165, 1.54) is 18.5 Å². The van der Waals surface area contributed by atoms with E-state index in [4.69, 9.17) is 0 Å². The Morgan fingerprint density at radius 2 is 1.95 bits per heavy atom. The van der Waals surface area contributed by atoms with Crippen molar-refractivity contribution in [3.63, 3.8) is 0 Å². The third-order valence-corrected chi connectivity index (χ3v) is 4.02. The summed E-state index contributed by atoms with van der Waals surface area (Å²) < 4.78 is 52.7. The molecular formula is C13H13F2N3O2S. The lowest BCUT2D eigenvalue weighted by Crippen LogP contribution is -2.16. The summed E-state index contributed by atoms with van der Waals surface area (Å²) in [5.41, 5.74) is 0.308. The van der Waals surface area contributed by atoms with Crippen LogP contribution in [0.5, 0.6) is 0 Å². The number of anilines is 2. The van der Waals surface area contributed by atoms with Crippen molar-refractivity contribution in [2.45, 2.75) is 11.8 Å². The predicted octanol–water partition coefficient (Wildman–Crippen LogP) is 2.59. The van der Waals surface area contributed by atoms with Crippen LogP contribution in [0.3, 0.4) is 0 Å². The molecular weight excluding hydrogens is 300 g/mol. The van der Waals surface area contributed by atoms with Crippen LogP contribution < -0.4 is 10.0 Å². The monoisotopic (exact) mass is 313 g/mol. The van der Waals surface area contributed by atoms with E-state index in [0.29, 0.717) is 12.2 Å². The standard InChI is InChI=1S/C13H13F2N3O2S/c1-2-17-12-5-6-16-8-13(12)21(19,20)18-9-3-4-10(14)11(15)7-9/h3-8,18H,2H2,1H3,(H,16,17). The highest BCUT2D eigenvalue weighted by Crippen LogP contribution is 2.23. The minimum atomic E-state index is -3.96. The van der Waals surface area contributed by atoms with Crippen molar-refractivity contribution < 1.29 is 17.2 Å². The third-order valence-electron chi connectivity index (χ3n) is 2.61. The van der Waals surface area contributed by atoms with E-state index in [9.17, 15) is 17.2 Å². The molecule has 2 N–H and O–H groups in total. The Bertz CT molecular complexity index is 751. The fraction of sp³-hybridized carbons (Fsp3) is 0.154. The molecule has 1 aromatic heterocycles. The van der Waals surface area contributed by atoms with Crippen LogP contribution in [0.15, 0.2) is 41.6 Å². The molecule has 21 heavy (non-hydrogen) atoms. The summed E-state index contributed by atoms with van der Waals surface area (Å²) in [5.74, 6) is -2.18. The minimum Gasteiger partial charge on any atom is -0.384 e. The maximum absolute atomic E-state index is 13.1. The summed E-state index contributed by atoms with van der Waals surface area (Å²) in [7, 11) is -3.96. The molecule has 0 spiro atoms. The molecule has 0 bridgehead atoms. The number of nitrogens with one attached hydrogen (secondary N) is 2. The molecule has 1 heterocycles. The van der Waals surface area contributed by atoms with Gasteiger partial charge in [0.05, 0.1) is 11.4 Å². The highest BCUT2D eigenvalue weighted by Gasteiger charge is 2.19. The smallest absolute Gasteiger partial charge is 0.265 e. The molecule has 2 rings (SSSR count). The van der Waals surface area contributed by atoms with Gasteiger partial charge in [-0.05, 0) is 25.1 Å². The molecule has 0 amide bonds. The van der Waals surface area contributed by atoms with Crippen molar-refractivity contribution in [2.75, 3.05) is 16.6 Å². The second-order valence-corrected chi connectivity index (χ2v) is 5.79. The van der Waals surface area contributed by atoms with Crippen molar-refractivity contribution in [3.8, 4) is 0 Å². The van der Waals surface area contributed by atoms with E-state index in [-0.39, 0.29) is 10.6 Å². The molecule has 0 aliphatic carbocycles. The minimum absolute atomic E-state index is 0.0693. The molecule has 5 nitrogen and oxygen atoms in total. The molecule has 112 valence electrons. The first kappa shape index (κ1) is 15.2. The first-order chi connectivity index (χ1) is 9.94. The zero-order valence-corrected chi connectivity index (χ0v) is 11.9. The van der Waals surface area contributed by atoms with Gasteiger partial charge in [0.15, 0.2) is 11.6 Å². The number of hydrogen-bond acceptors (Lipinski definition) is 4. The zero-order valence-electron chi connectivity index (χ0n) is 11.1. The van der Waals surface area contributed by atoms with E-state index in [2.05, 4.69) is 15.0 Å². The second kappa shape index (κ2) is 6.04. The molecule has 0 saturated heterocycles. The second-order valence-electron chi connectivity index (χ2n) is 4.14. The van der Waals surface area contributed by atoms with Gasteiger partial charge in [-0.25, -0.2) is 17.2 Å². The van der Waals surface area contributed by atoms with Crippen LogP contribution in [0.4, 0.5) is 20.2 Å². The Balaban J connectivity index is 2.36. The van der Waals surface area contributed by atoms with E-state index < -0.39 is 21.7 Å². The Morgan fingerprint density at radius 3 is 2.62 bits per heavy atom. The predicted molar refractivity (Wildman–Crippen MR) is 75.6 cm³/mol. The van der Waals surface area contributed by atoms with Crippen LogP contribution in [-0.2, 0) is 10.0 Å². The van der Waals surface area contributed by atoms with Gasteiger partial charge in [-0.3, -0.25) is 9.71 Å². The number of pyridine rings is 1. The Morgan fingerprint density at radius 1 is 1.19 bits per heavy atom. The maximum Gasteiger partial charge on any atom is 0.265 e. The molecule has 0 aliphatic rings. The highest BCUT2D eigenvalue weighted by molar-refractivity contribution is 7.92. The zero-order chi connectivity index (χ0) is 15.5. The number of nitrogens with zero attached hydrogens (tertiary/aromatic N) is 1. The largest absolute Gasteiger partial charge is 0.384 e. The van der Waals surface area contributed by atoms with Crippen LogP contribution in [0.2, 0.25) is 0 Å². The summed E-state index contributed by atoms with van der Waals surface area (Å²) >= 11 is 0. The van der Waals surface area contributed by atoms with Gasteiger partial charge in [0, 0.05) is 25.0 Å². The fourth-order valence-electron chi connectivity index (χ4n) is 1.70. The molecule has 0 aliphatic heterocycles. The van der Waals surface area contributed by atoms with Gasteiger partial charge >= 0.3 is 0 Å².